The molecule has 23 heavy (non-hydrogen) atoms. The Hall–Kier alpha value is -1.47. The standard InChI is InChI=1S/C16H26N4O3/c1-11-4-3-5-13(8-11)23-10-15(21)20-6-7-22-14(9-20)16-17-12(2)18-19-16/h11,13-14H,3-10H2,1-2H3,(H,17,18,19). The molecule has 1 aliphatic heterocycles. The SMILES string of the molecule is Cc1nc(C2CN(C(=O)COC3CCCC(C)C3)CCO2)n[nH]1. The van der Waals surface area contributed by atoms with Gasteiger partial charge in [-0.05, 0) is 25.7 Å². The number of hydrogen-bond acceptors (Lipinski definition) is 5. The first kappa shape index (κ1) is 16.4. The van der Waals surface area contributed by atoms with E-state index in [0.29, 0.717) is 31.4 Å². The summed E-state index contributed by atoms with van der Waals surface area (Å²) in [6.07, 6.45) is 4.58. The Morgan fingerprint density at radius 1 is 1.48 bits per heavy atom. The normalized spacial score (nSPS) is 28.8. The minimum absolute atomic E-state index is 0.0313. The van der Waals surface area contributed by atoms with E-state index in [2.05, 4.69) is 22.1 Å². The van der Waals surface area contributed by atoms with Gasteiger partial charge in [0.2, 0.25) is 5.91 Å². The minimum atomic E-state index is -0.257. The highest BCUT2D eigenvalue weighted by Gasteiger charge is 2.28. The molecular weight excluding hydrogens is 296 g/mol. The molecule has 7 heteroatoms. The van der Waals surface area contributed by atoms with Crippen molar-refractivity contribution in [3.63, 3.8) is 0 Å². The molecule has 2 aliphatic rings. The summed E-state index contributed by atoms with van der Waals surface area (Å²) < 4.78 is 11.5. The highest BCUT2D eigenvalue weighted by Crippen LogP contribution is 2.26. The molecule has 0 aromatic carbocycles. The number of aryl methyl sites for hydroxylation is 1. The fraction of sp³-hybridized carbons (Fsp3) is 0.812. The molecule has 3 unspecified atom stereocenters. The Balaban J connectivity index is 1.49. The quantitative estimate of drug-likeness (QED) is 0.911. The van der Waals surface area contributed by atoms with Crippen molar-refractivity contribution in [3.05, 3.63) is 11.6 Å². The minimum Gasteiger partial charge on any atom is -0.368 e. The number of morpholine rings is 1. The van der Waals surface area contributed by atoms with Crippen LogP contribution >= 0.6 is 0 Å². The molecule has 2 heterocycles. The molecule has 1 amide bonds. The van der Waals surface area contributed by atoms with Crippen LogP contribution in [0.2, 0.25) is 0 Å². The Bertz CT molecular complexity index is 533. The Labute approximate surface area is 136 Å². The summed E-state index contributed by atoms with van der Waals surface area (Å²) in [5.41, 5.74) is 0. The third-order valence-corrected chi connectivity index (χ3v) is 4.65. The first-order valence-electron chi connectivity index (χ1n) is 8.51. The van der Waals surface area contributed by atoms with E-state index in [1.165, 1.54) is 12.8 Å². The van der Waals surface area contributed by atoms with Gasteiger partial charge >= 0.3 is 0 Å². The van der Waals surface area contributed by atoms with Crippen LogP contribution in [0.4, 0.5) is 0 Å². The van der Waals surface area contributed by atoms with Crippen LogP contribution < -0.4 is 0 Å². The predicted octanol–water partition coefficient (Wildman–Crippen LogP) is 1.61. The predicted molar refractivity (Wildman–Crippen MR) is 83.8 cm³/mol. The van der Waals surface area contributed by atoms with E-state index in [1.807, 2.05) is 6.92 Å². The van der Waals surface area contributed by atoms with Crippen LogP contribution in [-0.4, -0.2) is 58.4 Å². The summed E-state index contributed by atoms with van der Waals surface area (Å²) in [7, 11) is 0. The van der Waals surface area contributed by atoms with E-state index in [-0.39, 0.29) is 24.7 Å². The summed E-state index contributed by atoms with van der Waals surface area (Å²) in [4.78, 5) is 18.5. The Morgan fingerprint density at radius 2 is 2.35 bits per heavy atom. The molecule has 1 aromatic rings. The van der Waals surface area contributed by atoms with Gasteiger partial charge in [0.15, 0.2) is 5.82 Å². The largest absolute Gasteiger partial charge is 0.368 e. The second kappa shape index (κ2) is 7.40. The van der Waals surface area contributed by atoms with Gasteiger partial charge in [-0.1, -0.05) is 19.8 Å². The van der Waals surface area contributed by atoms with Crippen molar-refractivity contribution in [2.24, 2.45) is 5.92 Å². The van der Waals surface area contributed by atoms with Gasteiger partial charge in [-0.2, -0.15) is 5.10 Å². The number of aromatic amines is 1. The van der Waals surface area contributed by atoms with E-state index in [4.69, 9.17) is 9.47 Å². The number of carbonyl (C=O) groups excluding carboxylic acids is 1. The van der Waals surface area contributed by atoms with Gasteiger partial charge in [0.05, 0.1) is 19.3 Å². The fourth-order valence-corrected chi connectivity index (χ4v) is 3.35. The highest BCUT2D eigenvalue weighted by molar-refractivity contribution is 5.77. The number of H-pyrrole nitrogens is 1. The summed E-state index contributed by atoms with van der Waals surface area (Å²) >= 11 is 0. The molecule has 3 rings (SSSR count). The van der Waals surface area contributed by atoms with E-state index in [1.54, 1.807) is 4.90 Å². The smallest absolute Gasteiger partial charge is 0.248 e. The molecule has 2 fully saturated rings. The molecule has 7 nitrogen and oxygen atoms in total. The number of hydrogen-bond donors (Lipinski definition) is 1. The van der Waals surface area contributed by atoms with Crippen molar-refractivity contribution in [1.82, 2.24) is 20.1 Å². The third-order valence-electron chi connectivity index (χ3n) is 4.65. The maximum Gasteiger partial charge on any atom is 0.248 e. The summed E-state index contributed by atoms with van der Waals surface area (Å²) in [5, 5.41) is 6.94. The van der Waals surface area contributed by atoms with Crippen LogP contribution in [0.1, 0.15) is 50.4 Å². The highest BCUT2D eigenvalue weighted by atomic mass is 16.5. The zero-order chi connectivity index (χ0) is 16.2. The molecule has 1 aromatic heterocycles. The van der Waals surface area contributed by atoms with Crippen LogP contribution in [0, 0.1) is 12.8 Å². The molecule has 1 saturated carbocycles. The second-order valence-electron chi connectivity index (χ2n) is 6.68. The van der Waals surface area contributed by atoms with Gasteiger partial charge in [-0.3, -0.25) is 9.89 Å². The molecule has 0 spiro atoms. The molecule has 1 saturated heterocycles. The molecule has 0 radical (unpaired) electrons. The van der Waals surface area contributed by atoms with Crippen molar-refractivity contribution < 1.29 is 14.3 Å². The number of nitrogens with one attached hydrogen (secondary N) is 1. The summed E-state index contributed by atoms with van der Waals surface area (Å²) in [5.74, 6) is 2.10. The second-order valence-corrected chi connectivity index (χ2v) is 6.68. The number of carbonyl (C=O) groups is 1. The maximum atomic E-state index is 12.4. The van der Waals surface area contributed by atoms with E-state index in [9.17, 15) is 4.79 Å². The van der Waals surface area contributed by atoms with Crippen LogP contribution in [-0.2, 0) is 14.3 Å². The average molecular weight is 322 g/mol. The summed E-state index contributed by atoms with van der Waals surface area (Å²) in [6, 6.07) is 0. The molecular formula is C16H26N4O3. The lowest BCUT2D eigenvalue weighted by Gasteiger charge is -2.32. The van der Waals surface area contributed by atoms with E-state index >= 15 is 0 Å². The lowest BCUT2D eigenvalue weighted by Crippen LogP contribution is -2.44. The first-order valence-corrected chi connectivity index (χ1v) is 8.51. The lowest BCUT2D eigenvalue weighted by molar-refractivity contribution is -0.147. The molecule has 128 valence electrons. The fourth-order valence-electron chi connectivity index (χ4n) is 3.35. The van der Waals surface area contributed by atoms with Gasteiger partial charge in [0.1, 0.15) is 18.5 Å². The number of aromatic nitrogens is 3. The monoisotopic (exact) mass is 322 g/mol. The summed E-state index contributed by atoms with van der Waals surface area (Å²) in [6.45, 7) is 5.86. The lowest BCUT2D eigenvalue weighted by atomic mass is 9.89. The van der Waals surface area contributed by atoms with Crippen LogP contribution in [0.3, 0.4) is 0 Å². The van der Waals surface area contributed by atoms with Crippen molar-refractivity contribution in [2.75, 3.05) is 26.3 Å². The number of nitrogens with zero attached hydrogens (tertiary/aromatic N) is 3. The topological polar surface area (TPSA) is 80.3 Å². The van der Waals surface area contributed by atoms with E-state index in [0.717, 1.165) is 18.7 Å². The average Bonchev–Trinajstić information content (AvgIpc) is 2.99. The van der Waals surface area contributed by atoms with Crippen LogP contribution in [0.5, 0.6) is 0 Å². The molecule has 1 aliphatic carbocycles. The van der Waals surface area contributed by atoms with Gasteiger partial charge < -0.3 is 14.4 Å². The zero-order valence-electron chi connectivity index (χ0n) is 14.0. The van der Waals surface area contributed by atoms with Gasteiger partial charge in [0, 0.05) is 6.54 Å². The number of rotatable bonds is 4. The third kappa shape index (κ3) is 4.29. The number of ether oxygens (including phenoxy) is 2. The van der Waals surface area contributed by atoms with Gasteiger partial charge in [0.25, 0.3) is 0 Å². The van der Waals surface area contributed by atoms with Crippen molar-refractivity contribution in [1.29, 1.82) is 0 Å². The zero-order valence-corrected chi connectivity index (χ0v) is 14.0. The molecule has 1 N–H and O–H groups in total. The number of amides is 1. The van der Waals surface area contributed by atoms with Gasteiger partial charge in [-0.25, -0.2) is 4.98 Å². The van der Waals surface area contributed by atoms with Crippen LogP contribution in [0.25, 0.3) is 0 Å². The Morgan fingerprint density at radius 3 is 3.09 bits per heavy atom. The van der Waals surface area contributed by atoms with Crippen molar-refractivity contribution >= 4 is 5.91 Å². The van der Waals surface area contributed by atoms with Crippen LogP contribution in [0.15, 0.2) is 0 Å². The van der Waals surface area contributed by atoms with E-state index < -0.39 is 0 Å². The van der Waals surface area contributed by atoms with Crippen molar-refractivity contribution in [3.8, 4) is 0 Å². The van der Waals surface area contributed by atoms with Crippen molar-refractivity contribution in [2.45, 2.75) is 51.7 Å². The first-order chi connectivity index (χ1) is 11.1. The molecule has 0 bridgehead atoms. The molecule has 3 atom stereocenters. The Kier molecular flexibility index (Phi) is 5.27. The van der Waals surface area contributed by atoms with Gasteiger partial charge in [-0.15, -0.1) is 0 Å². The maximum absolute atomic E-state index is 12.4.